The second-order valence-electron chi connectivity index (χ2n) is 7.09. The minimum atomic E-state index is 0.579. The Hall–Kier alpha value is -2.30. The fourth-order valence-corrected chi connectivity index (χ4v) is 3.20. The van der Waals surface area contributed by atoms with Gasteiger partial charge in [0.05, 0.1) is 11.4 Å². The van der Waals surface area contributed by atoms with Crippen LogP contribution in [0, 0.1) is 12.8 Å². The van der Waals surface area contributed by atoms with Crippen LogP contribution in [-0.2, 0) is 4.79 Å². The van der Waals surface area contributed by atoms with Crippen molar-refractivity contribution in [3.05, 3.63) is 41.8 Å². The third-order valence-corrected chi connectivity index (χ3v) is 4.66. The van der Waals surface area contributed by atoms with E-state index in [0.29, 0.717) is 12.5 Å². The third kappa shape index (κ3) is 3.16. The van der Waals surface area contributed by atoms with Gasteiger partial charge in [0.15, 0.2) is 0 Å². The molecule has 1 aliphatic carbocycles. The van der Waals surface area contributed by atoms with Crippen molar-refractivity contribution < 1.29 is 4.79 Å². The summed E-state index contributed by atoms with van der Waals surface area (Å²) in [6.45, 7) is 16.5. The highest BCUT2D eigenvalue weighted by molar-refractivity contribution is 5.75. The minimum absolute atomic E-state index is 0.579. The molecule has 1 aliphatic heterocycles. The first-order valence-electron chi connectivity index (χ1n) is 8.48. The van der Waals surface area contributed by atoms with Gasteiger partial charge in [0.1, 0.15) is 5.82 Å². The molecule has 2 heterocycles. The summed E-state index contributed by atoms with van der Waals surface area (Å²) in [7, 11) is 0. The van der Waals surface area contributed by atoms with Crippen molar-refractivity contribution in [2.75, 3.05) is 24.5 Å². The second-order valence-corrected chi connectivity index (χ2v) is 7.09. The predicted molar refractivity (Wildman–Crippen MR) is 97.5 cm³/mol. The van der Waals surface area contributed by atoms with E-state index in [1.54, 1.807) is 0 Å². The van der Waals surface area contributed by atoms with Gasteiger partial charge in [-0.15, -0.1) is 0 Å². The molecular weight excluding hydrogens is 300 g/mol. The lowest BCUT2D eigenvalue weighted by Crippen LogP contribution is -2.35. The molecule has 5 heteroatoms. The van der Waals surface area contributed by atoms with Gasteiger partial charge in [-0.2, -0.15) is 5.10 Å². The molecule has 2 aliphatic rings. The Morgan fingerprint density at radius 3 is 2.75 bits per heavy atom. The molecule has 1 saturated carbocycles. The standard InChI is InChI=1S/C19H26N4O/c1-13(2)9-22-15(4)18(11-21(12-24)10-17-6-7-17)16(5)23-19(22)8-14(3)20-23/h8,12,17H,1,5-7,9-11H2,2-4H3. The molecule has 0 spiro atoms. The Kier molecular flexibility index (Phi) is 4.35. The van der Waals surface area contributed by atoms with Gasteiger partial charge >= 0.3 is 0 Å². The van der Waals surface area contributed by atoms with Crippen LogP contribution < -0.4 is 4.90 Å². The lowest BCUT2D eigenvalue weighted by atomic mass is 10.1. The number of carbonyl (C=O) groups is 1. The fourth-order valence-electron chi connectivity index (χ4n) is 3.20. The lowest BCUT2D eigenvalue weighted by Gasteiger charge is -2.35. The summed E-state index contributed by atoms with van der Waals surface area (Å²) in [4.78, 5) is 15.6. The van der Waals surface area contributed by atoms with Crippen LogP contribution in [-0.4, -0.2) is 40.7 Å². The zero-order valence-corrected chi connectivity index (χ0v) is 14.9. The molecule has 0 atom stereocenters. The van der Waals surface area contributed by atoms with E-state index in [0.717, 1.165) is 53.6 Å². The van der Waals surface area contributed by atoms with E-state index < -0.39 is 0 Å². The largest absolute Gasteiger partial charge is 0.341 e. The van der Waals surface area contributed by atoms with E-state index in [2.05, 4.69) is 36.1 Å². The quantitative estimate of drug-likeness (QED) is 0.571. The Morgan fingerprint density at radius 1 is 1.46 bits per heavy atom. The summed E-state index contributed by atoms with van der Waals surface area (Å²) >= 11 is 0. The molecular formula is C19H26N4O. The predicted octanol–water partition coefficient (Wildman–Crippen LogP) is 3.20. The first-order valence-corrected chi connectivity index (χ1v) is 8.48. The van der Waals surface area contributed by atoms with Gasteiger partial charge in [-0.25, -0.2) is 4.68 Å². The van der Waals surface area contributed by atoms with Gasteiger partial charge in [0.25, 0.3) is 0 Å². The average molecular weight is 326 g/mol. The number of aromatic nitrogens is 2. The summed E-state index contributed by atoms with van der Waals surface area (Å²) in [5.41, 5.74) is 5.09. The molecule has 1 amide bonds. The number of aryl methyl sites for hydroxylation is 1. The first-order chi connectivity index (χ1) is 11.4. The van der Waals surface area contributed by atoms with Crippen molar-refractivity contribution in [1.82, 2.24) is 14.7 Å². The monoisotopic (exact) mass is 326 g/mol. The maximum atomic E-state index is 11.5. The highest BCUT2D eigenvalue weighted by Gasteiger charge is 2.29. The molecule has 3 rings (SSSR count). The number of carbonyl (C=O) groups excluding carboxylic acids is 1. The summed E-state index contributed by atoms with van der Waals surface area (Å²) in [6.07, 6.45) is 3.42. The number of amides is 1. The molecule has 0 unspecified atom stereocenters. The topological polar surface area (TPSA) is 41.4 Å². The Balaban J connectivity index is 1.94. The summed E-state index contributed by atoms with van der Waals surface area (Å²) in [6, 6.07) is 2.07. The molecule has 0 saturated heterocycles. The molecule has 5 nitrogen and oxygen atoms in total. The van der Waals surface area contributed by atoms with Gasteiger partial charge in [0, 0.05) is 37.0 Å². The Labute approximate surface area is 143 Å². The average Bonchev–Trinajstić information content (AvgIpc) is 3.26. The molecule has 0 bridgehead atoms. The highest BCUT2D eigenvalue weighted by Crippen LogP contribution is 2.36. The van der Waals surface area contributed by atoms with Gasteiger partial charge in [-0.1, -0.05) is 18.7 Å². The second kappa shape index (κ2) is 6.30. The summed E-state index contributed by atoms with van der Waals surface area (Å²) < 4.78 is 1.89. The number of nitrogens with zero attached hydrogens (tertiary/aromatic N) is 4. The molecule has 24 heavy (non-hydrogen) atoms. The summed E-state index contributed by atoms with van der Waals surface area (Å²) in [5.74, 6) is 1.68. The Morgan fingerprint density at radius 2 is 2.17 bits per heavy atom. The van der Waals surface area contributed by atoms with Crippen LogP contribution in [0.1, 0.15) is 32.4 Å². The Bertz CT molecular complexity index is 724. The zero-order valence-electron chi connectivity index (χ0n) is 14.9. The molecule has 1 aromatic rings. The third-order valence-electron chi connectivity index (χ3n) is 4.66. The maximum absolute atomic E-state index is 11.5. The molecule has 1 aromatic heterocycles. The number of anilines is 1. The van der Waals surface area contributed by atoms with E-state index in [9.17, 15) is 4.79 Å². The van der Waals surface area contributed by atoms with Crippen LogP contribution in [0.2, 0.25) is 0 Å². The number of rotatable bonds is 7. The van der Waals surface area contributed by atoms with Gasteiger partial charge in [-0.3, -0.25) is 4.79 Å². The molecule has 0 aromatic carbocycles. The lowest BCUT2D eigenvalue weighted by molar-refractivity contribution is -0.118. The number of fused-ring (bicyclic) bond motifs is 1. The minimum Gasteiger partial charge on any atom is -0.341 e. The van der Waals surface area contributed by atoms with Crippen LogP contribution in [0.3, 0.4) is 0 Å². The number of hydrogen-bond acceptors (Lipinski definition) is 3. The highest BCUT2D eigenvalue weighted by atomic mass is 16.1. The van der Waals surface area contributed by atoms with Gasteiger partial charge in [-0.05, 0) is 39.5 Å². The van der Waals surface area contributed by atoms with Crippen molar-refractivity contribution >= 4 is 17.9 Å². The van der Waals surface area contributed by atoms with Crippen LogP contribution in [0.25, 0.3) is 5.70 Å². The molecule has 0 N–H and O–H groups in total. The van der Waals surface area contributed by atoms with E-state index in [-0.39, 0.29) is 0 Å². The van der Waals surface area contributed by atoms with Crippen LogP contribution in [0.15, 0.2) is 36.1 Å². The van der Waals surface area contributed by atoms with Crippen molar-refractivity contribution in [1.29, 1.82) is 0 Å². The van der Waals surface area contributed by atoms with E-state index >= 15 is 0 Å². The molecule has 0 radical (unpaired) electrons. The van der Waals surface area contributed by atoms with Crippen LogP contribution in [0.4, 0.5) is 5.82 Å². The van der Waals surface area contributed by atoms with Crippen LogP contribution >= 0.6 is 0 Å². The van der Waals surface area contributed by atoms with Gasteiger partial charge < -0.3 is 9.80 Å². The van der Waals surface area contributed by atoms with Crippen molar-refractivity contribution in [3.8, 4) is 0 Å². The van der Waals surface area contributed by atoms with Crippen molar-refractivity contribution in [3.63, 3.8) is 0 Å². The first kappa shape index (κ1) is 16.6. The normalized spacial score (nSPS) is 17.1. The molecule has 1 fully saturated rings. The number of allylic oxidation sites excluding steroid dienone is 1. The zero-order chi connectivity index (χ0) is 17.4. The fraction of sp³-hybridized carbons (Fsp3) is 0.474. The van der Waals surface area contributed by atoms with E-state index in [1.165, 1.54) is 12.8 Å². The van der Waals surface area contributed by atoms with Gasteiger partial charge in [0.2, 0.25) is 6.41 Å². The van der Waals surface area contributed by atoms with Crippen molar-refractivity contribution in [2.45, 2.75) is 33.6 Å². The number of hydrogen-bond donors (Lipinski definition) is 0. The van der Waals surface area contributed by atoms with Crippen LogP contribution in [0.5, 0.6) is 0 Å². The van der Waals surface area contributed by atoms with E-state index in [4.69, 9.17) is 0 Å². The smallest absolute Gasteiger partial charge is 0.210 e. The molecule has 128 valence electrons. The SMILES string of the molecule is C=C(C)CN1C(C)=C(CN(C=O)CC2CC2)C(=C)n2nc(C)cc21. The maximum Gasteiger partial charge on any atom is 0.210 e. The summed E-state index contributed by atoms with van der Waals surface area (Å²) in [5, 5.41) is 4.59. The van der Waals surface area contributed by atoms with E-state index in [1.807, 2.05) is 23.4 Å². The van der Waals surface area contributed by atoms with Crippen molar-refractivity contribution in [2.24, 2.45) is 5.92 Å².